The summed E-state index contributed by atoms with van der Waals surface area (Å²) in [5.74, 6) is 1.18. The van der Waals surface area contributed by atoms with Crippen molar-refractivity contribution in [1.82, 2.24) is 20.3 Å². The Kier molecular flexibility index (Phi) is 8.06. The fourth-order valence-electron chi connectivity index (χ4n) is 5.56. The van der Waals surface area contributed by atoms with Gasteiger partial charge in [-0.15, -0.1) is 0 Å². The maximum absolute atomic E-state index is 13.8. The van der Waals surface area contributed by atoms with Crippen molar-refractivity contribution in [3.8, 4) is 0 Å². The predicted octanol–water partition coefficient (Wildman–Crippen LogP) is 5.25. The molecule has 0 spiro atoms. The summed E-state index contributed by atoms with van der Waals surface area (Å²) in [6.07, 6.45) is 1.16. The molecule has 1 aromatic carbocycles. The van der Waals surface area contributed by atoms with Crippen LogP contribution in [0.25, 0.3) is 0 Å². The van der Waals surface area contributed by atoms with Crippen molar-refractivity contribution < 1.29 is 18.0 Å². The van der Waals surface area contributed by atoms with Crippen molar-refractivity contribution in [2.75, 3.05) is 48.3 Å². The summed E-state index contributed by atoms with van der Waals surface area (Å²) >= 11 is 0. The molecule has 1 fully saturated rings. The van der Waals surface area contributed by atoms with E-state index in [1.807, 2.05) is 38.1 Å². The Morgan fingerprint density at radius 1 is 0.902 bits per heavy atom. The predicted molar refractivity (Wildman–Crippen MR) is 154 cm³/mol. The summed E-state index contributed by atoms with van der Waals surface area (Å²) < 4.78 is 41.3. The van der Waals surface area contributed by atoms with E-state index in [0.717, 1.165) is 54.5 Å². The first-order valence-electron chi connectivity index (χ1n) is 14.1. The molecule has 0 saturated carbocycles. The molecule has 2 N–H and O–H groups in total. The molecule has 8 nitrogen and oxygen atoms in total. The summed E-state index contributed by atoms with van der Waals surface area (Å²) in [7, 11) is 1.62. The van der Waals surface area contributed by atoms with E-state index >= 15 is 0 Å². The van der Waals surface area contributed by atoms with Gasteiger partial charge in [-0.1, -0.05) is 12.1 Å². The van der Waals surface area contributed by atoms with Gasteiger partial charge in [-0.3, -0.25) is 4.79 Å². The number of likely N-dealkylation sites (N-methyl/N-ethyl adjacent to an activating group) is 1. The minimum absolute atomic E-state index is 0.0548. The van der Waals surface area contributed by atoms with E-state index in [2.05, 4.69) is 20.5 Å². The van der Waals surface area contributed by atoms with E-state index in [1.165, 1.54) is 18.7 Å². The molecule has 4 heterocycles. The van der Waals surface area contributed by atoms with Crippen LogP contribution in [0.15, 0.2) is 42.6 Å². The Balaban J connectivity index is 1.47. The number of fused-ring (bicyclic) bond motifs is 1. The zero-order valence-corrected chi connectivity index (χ0v) is 23.7. The number of halogens is 3. The molecule has 3 aromatic rings. The van der Waals surface area contributed by atoms with Crippen LogP contribution in [0.1, 0.15) is 55.5 Å². The minimum atomic E-state index is -4.49. The highest BCUT2D eigenvalue weighted by Gasteiger charge is 2.36. The lowest BCUT2D eigenvalue weighted by atomic mass is 9.83. The third-order valence-corrected chi connectivity index (χ3v) is 8.03. The Morgan fingerprint density at radius 3 is 2.29 bits per heavy atom. The number of alkyl halides is 3. The molecule has 0 aliphatic carbocycles. The van der Waals surface area contributed by atoms with Gasteiger partial charge in [0.1, 0.15) is 11.6 Å². The van der Waals surface area contributed by atoms with Crippen LogP contribution in [0.2, 0.25) is 0 Å². The number of hydrogen-bond donors (Lipinski definition) is 2. The average Bonchev–Trinajstić information content (AvgIpc) is 3.20. The molecular weight excluding hydrogens is 531 g/mol. The number of rotatable bonds is 6. The van der Waals surface area contributed by atoms with Crippen LogP contribution in [0, 0.1) is 0 Å². The van der Waals surface area contributed by atoms with Crippen molar-refractivity contribution in [2.45, 2.75) is 57.5 Å². The second-order valence-corrected chi connectivity index (χ2v) is 11.1. The quantitative estimate of drug-likeness (QED) is 0.421. The molecule has 1 amide bonds. The summed E-state index contributed by atoms with van der Waals surface area (Å²) in [5, 5.41) is 6.17. The van der Waals surface area contributed by atoms with E-state index in [0.29, 0.717) is 37.7 Å². The van der Waals surface area contributed by atoms with E-state index in [9.17, 15) is 18.0 Å². The van der Waals surface area contributed by atoms with Crippen LogP contribution in [0.3, 0.4) is 0 Å². The normalized spacial score (nSPS) is 16.1. The van der Waals surface area contributed by atoms with Gasteiger partial charge < -0.3 is 20.4 Å². The summed E-state index contributed by atoms with van der Waals surface area (Å²) in [6, 6.07) is 10.1. The van der Waals surface area contributed by atoms with E-state index in [4.69, 9.17) is 9.97 Å². The Morgan fingerprint density at radius 2 is 1.61 bits per heavy atom. The molecular formula is C30H36F3N7O. The van der Waals surface area contributed by atoms with Gasteiger partial charge in [-0.05, 0) is 69.4 Å². The van der Waals surface area contributed by atoms with Gasteiger partial charge in [-0.2, -0.15) is 18.2 Å². The largest absolute Gasteiger partial charge is 0.419 e. The van der Waals surface area contributed by atoms with Crippen LogP contribution < -0.4 is 20.4 Å². The molecule has 2 aromatic heterocycles. The third kappa shape index (κ3) is 6.08. The van der Waals surface area contributed by atoms with Gasteiger partial charge in [0.2, 0.25) is 11.9 Å². The molecule has 2 aliphatic rings. The highest BCUT2D eigenvalue weighted by Crippen LogP contribution is 2.37. The number of amides is 1. The van der Waals surface area contributed by atoms with Crippen LogP contribution in [0.5, 0.6) is 0 Å². The van der Waals surface area contributed by atoms with Crippen LogP contribution in [-0.2, 0) is 29.2 Å². The molecule has 218 valence electrons. The number of nitrogens with zero attached hydrogens (tertiary/aromatic N) is 5. The van der Waals surface area contributed by atoms with E-state index in [-0.39, 0.29) is 11.7 Å². The van der Waals surface area contributed by atoms with Gasteiger partial charge in [0, 0.05) is 57.1 Å². The molecule has 0 unspecified atom stereocenters. The zero-order chi connectivity index (χ0) is 29.2. The smallest absolute Gasteiger partial charge is 0.358 e. The number of anilines is 4. The SMILES string of the molecule is CNC(=O)C(C)(C)c1ccc(Nc2nc(N3CCCCC3)nc3c2CCN(c2ncccc2C(F)(F)F)CC3)cc1. The molecule has 41 heavy (non-hydrogen) atoms. The number of carbonyl (C=O) groups is 1. The standard InChI is InChI=1S/C30H36F3N7O/c1-29(2,27(41)34-3)20-9-11-21(12-10-20)36-25-22-13-18-39(26-23(30(31,32)33)8-7-15-35-26)19-14-24(22)37-28(38-25)40-16-5-4-6-17-40/h7-12,15H,4-6,13-14,16-19H2,1-3H3,(H,34,41)(H,36,37,38). The monoisotopic (exact) mass is 567 g/mol. The number of nitrogens with one attached hydrogen (secondary N) is 2. The van der Waals surface area contributed by atoms with Crippen molar-refractivity contribution >= 4 is 29.2 Å². The summed E-state index contributed by atoms with van der Waals surface area (Å²) in [5.41, 5.74) is 2.00. The number of pyridine rings is 1. The van der Waals surface area contributed by atoms with Gasteiger partial charge in [0.05, 0.1) is 16.7 Å². The van der Waals surface area contributed by atoms with Crippen LogP contribution in [-0.4, -0.2) is 54.1 Å². The number of hydrogen-bond acceptors (Lipinski definition) is 7. The van der Waals surface area contributed by atoms with Gasteiger partial charge in [0.25, 0.3) is 0 Å². The molecule has 0 radical (unpaired) electrons. The second kappa shape index (κ2) is 11.5. The Bertz CT molecular complexity index is 1390. The number of carbonyl (C=O) groups excluding carboxylic acids is 1. The number of benzene rings is 1. The van der Waals surface area contributed by atoms with Crippen molar-refractivity contribution in [2.24, 2.45) is 0 Å². The lowest BCUT2D eigenvalue weighted by Crippen LogP contribution is -2.37. The maximum Gasteiger partial charge on any atom is 0.419 e. The molecule has 0 bridgehead atoms. The highest BCUT2D eigenvalue weighted by atomic mass is 19.4. The van der Waals surface area contributed by atoms with Gasteiger partial charge in [0.15, 0.2) is 0 Å². The van der Waals surface area contributed by atoms with E-state index in [1.54, 1.807) is 11.9 Å². The molecule has 5 rings (SSSR count). The lowest BCUT2D eigenvalue weighted by Gasteiger charge is -2.28. The Labute approximate surface area is 238 Å². The van der Waals surface area contributed by atoms with Crippen LogP contribution >= 0.6 is 0 Å². The molecule has 1 saturated heterocycles. The van der Waals surface area contributed by atoms with Crippen molar-refractivity contribution in [3.05, 3.63) is 65.0 Å². The highest BCUT2D eigenvalue weighted by molar-refractivity contribution is 5.87. The van der Waals surface area contributed by atoms with E-state index < -0.39 is 17.2 Å². The Hall–Kier alpha value is -3.89. The topological polar surface area (TPSA) is 86.3 Å². The average molecular weight is 568 g/mol. The van der Waals surface area contributed by atoms with Crippen molar-refractivity contribution in [3.63, 3.8) is 0 Å². The van der Waals surface area contributed by atoms with Gasteiger partial charge >= 0.3 is 6.18 Å². The first-order chi connectivity index (χ1) is 19.6. The first-order valence-corrected chi connectivity index (χ1v) is 14.1. The fraction of sp³-hybridized carbons (Fsp3) is 0.467. The number of piperidine rings is 1. The second-order valence-electron chi connectivity index (χ2n) is 11.1. The minimum Gasteiger partial charge on any atom is -0.358 e. The summed E-state index contributed by atoms with van der Waals surface area (Å²) in [4.78, 5) is 30.3. The third-order valence-electron chi connectivity index (χ3n) is 8.03. The van der Waals surface area contributed by atoms with Crippen LogP contribution in [0.4, 0.5) is 36.4 Å². The molecule has 0 atom stereocenters. The fourth-order valence-corrected chi connectivity index (χ4v) is 5.56. The summed E-state index contributed by atoms with van der Waals surface area (Å²) in [6.45, 7) is 6.22. The zero-order valence-electron chi connectivity index (χ0n) is 23.7. The molecule has 2 aliphatic heterocycles. The number of aromatic nitrogens is 3. The van der Waals surface area contributed by atoms with Crippen molar-refractivity contribution in [1.29, 1.82) is 0 Å². The maximum atomic E-state index is 13.8. The first kappa shape index (κ1) is 28.6. The van der Waals surface area contributed by atoms with Gasteiger partial charge in [-0.25, -0.2) is 9.97 Å². The lowest BCUT2D eigenvalue weighted by molar-refractivity contribution is -0.137. The molecule has 11 heteroatoms.